The third-order valence-corrected chi connectivity index (χ3v) is 6.71. The molecule has 6 nitrogen and oxygen atoms in total. The van der Waals surface area contributed by atoms with Gasteiger partial charge in [-0.25, -0.2) is 0 Å². The van der Waals surface area contributed by atoms with Crippen LogP contribution < -0.4 is 0 Å². The number of likely N-dealkylation sites (tertiary alicyclic amines) is 1. The highest BCUT2D eigenvalue weighted by Gasteiger charge is 2.44. The van der Waals surface area contributed by atoms with Gasteiger partial charge in [0.15, 0.2) is 0 Å². The van der Waals surface area contributed by atoms with E-state index in [4.69, 9.17) is 0 Å². The van der Waals surface area contributed by atoms with Gasteiger partial charge in [-0.15, -0.1) is 0 Å². The number of nitrogens with zero attached hydrogens (tertiary/aromatic N) is 3. The molecule has 0 aromatic rings. The van der Waals surface area contributed by atoms with E-state index in [9.17, 15) is 13.5 Å². The van der Waals surface area contributed by atoms with Crippen molar-refractivity contribution in [3.8, 4) is 0 Å². The zero-order chi connectivity index (χ0) is 14.2. The van der Waals surface area contributed by atoms with Crippen LogP contribution in [-0.2, 0) is 10.2 Å². The molecule has 0 aromatic heterocycles. The summed E-state index contributed by atoms with van der Waals surface area (Å²) >= 11 is 0. The van der Waals surface area contributed by atoms with Crippen molar-refractivity contribution >= 4 is 10.2 Å². The molecule has 0 amide bonds. The van der Waals surface area contributed by atoms with Gasteiger partial charge in [-0.2, -0.15) is 17.0 Å². The van der Waals surface area contributed by atoms with Gasteiger partial charge in [0.2, 0.25) is 0 Å². The molecular weight excluding hydrogens is 278 g/mol. The summed E-state index contributed by atoms with van der Waals surface area (Å²) in [6.45, 7) is 4.62. The van der Waals surface area contributed by atoms with E-state index in [1.54, 1.807) is 4.31 Å². The third-order valence-electron chi connectivity index (χ3n) is 4.73. The maximum Gasteiger partial charge on any atom is 0.282 e. The number of rotatable bonds is 4. The fourth-order valence-electron chi connectivity index (χ4n) is 3.58. The van der Waals surface area contributed by atoms with Gasteiger partial charge in [0, 0.05) is 32.7 Å². The van der Waals surface area contributed by atoms with Crippen LogP contribution in [0.5, 0.6) is 0 Å². The molecule has 0 aliphatic carbocycles. The molecule has 0 bridgehead atoms. The van der Waals surface area contributed by atoms with Crippen LogP contribution in [0.25, 0.3) is 0 Å². The number of aliphatic hydroxyl groups is 1. The summed E-state index contributed by atoms with van der Waals surface area (Å²) in [5, 5.41) is 10.7. The van der Waals surface area contributed by atoms with Crippen LogP contribution in [-0.4, -0.2) is 78.4 Å². The molecule has 3 heterocycles. The molecule has 116 valence electrons. The van der Waals surface area contributed by atoms with E-state index in [0.29, 0.717) is 32.6 Å². The van der Waals surface area contributed by atoms with Crippen LogP contribution >= 0.6 is 0 Å². The Morgan fingerprint density at radius 1 is 0.900 bits per heavy atom. The minimum Gasteiger partial charge on any atom is -0.387 e. The topological polar surface area (TPSA) is 64.1 Å². The molecule has 0 aromatic carbocycles. The summed E-state index contributed by atoms with van der Waals surface area (Å²) in [5.74, 6) is 0. The Hall–Kier alpha value is -0.210. The van der Waals surface area contributed by atoms with Crippen LogP contribution in [0.1, 0.15) is 32.1 Å². The molecule has 20 heavy (non-hydrogen) atoms. The first-order valence-electron chi connectivity index (χ1n) is 7.70. The molecule has 3 rings (SSSR count). The Balaban J connectivity index is 1.63. The number of hydrogen-bond acceptors (Lipinski definition) is 4. The maximum atomic E-state index is 12.5. The highest BCUT2D eigenvalue weighted by molar-refractivity contribution is 7.86. The smallest absolute Gasteiger partial charge is 0.282 e. The monoisotopic (exact) mass is 303 g/mol. The van der Waals surface area contributed by atoms with Gasteiger partial charge in [-0.05, 0) is 45.2 Å². The van der Waals surface area contributed by atoms with E-state index in [1.165, 1.54) is 17.1 Å². The Morgan fingerprint density at radius 2 is 1.50 bits per heavy atom. The van der Waals surface area contributed by atoms with Crippen molar-refractivity contribution < 1.29 is 13.5 Å². The molecule has 0 saturated carbocycles. The van der Waals surface area contributed by atoms with E-state index < -0.39 is 15.8 Å². The SMILES string of the molecule is O=S(=O)(N1CCCC1)N1CC[C@](O)(CN2CCCC2)C1. The lowest BCUT2D eigenvalue weighted by atomic mass is 10.0. The summed E-state index contributed by atoms with van der Waals surface area (Å²) in [4.78, 5) is 2.26. The highest BCUT2D eigenvalue weighted by Crippen LogP contribution is 2.28. The van der Waals surface area contributed by atoms with Crippen LogP contribution in [0.2, 0.25) is 0 Å². The summed E-state index contributed by atoms with van der Waals surface area (Å²) in [6.07, 6.45) is 4.82. The largest absolute Gasteiger partial charge is 0.387 e. The predicted molar refractivity (Wildman–Crippen MR) is 76.5 cm³/mol. The second kappa shape index (κ2) is 5.53. The van der Waals surface area contributed by atoms with Gasteiger partial charge in [0.1, 0.15) is 0 Å². The lowest BCUT2D eigenvalue weighted by Gasteiger charge is -2.29. The fraction of sp³-hybridized carbons (Fsp3) is 1.00. The normalized spacial score (nSPS) is 34.2. The van der Waals surface area contributed by atoms with Crippen LogP contribution in [0.4, 0.5) is 0 Å². The highest BCUT2D eigenvalue weighted by atomic mass is 32.2. The number of β-amino-alcohol motifs (C(OH)–C–C–N with tert-alkyl or cyclic N) is 1. The van der Waals surface area contributed by atoms with Gasteiger partial charge >= 0.3 is 0 Å². The molecule has 3 saturated heterocycles. The molecule has 0 spiro atoms. The van der Waals surface area contributed by atoms with Crippen molar-refractivity contribution in [1.82, 2.24) is 13.5 Å². The summed E-state index contributed by atoms with van der Waals surface area (Å²) < 4.78 is 28.0. The average Bonchev–Trinajstić information content (AvgIpc) is 3.09. The van der Waals surface area contributed by atoms with Gasteiger partial charge in [-0.3, -0.25) is 0 Å². The Morgan fingerprint density at radius 3 is 2.15 bits per heavy atom. The third kappa shape index (κ3) is 2.87. The molecule has 3 aliphatic rings. The Kier molecular flexibility index (Phi) is 4.07. The van der Waals surface area contributed by atoms with Crippen LogP contribution in [0.3, 0.4) is 0 Å². The Labute approximate surface area is 121 Å². The minimum atomic E-state index is -3.35. The van der Waals surface area contributed by atoms with Crippen molar-refractivity contribution in [2.24, 2.45) is 0 Å². The predicted octanol–water partition coefficient (Wildman–Crippen LogP) is -0.140. The maximum absolute atomic E-state index is 12.5. The average molecular weight is 303 g/mol. The fourth-order valence-corrected chi connectivity index (χ4v) is 5.36. The van der Waals surface area contributed by atoms with Crippen molar-refractivity contribution in [3.63, 3.8) is 0 Å². The van der Waals surface area contributed by atoms with Crippen molar-refractivity contribution in [1.29, 1.82) is 0 Å². The summed E-state index contributed by atoms with van der Waals surface area (Å²) in [6, 6.07) is 0. The zero-order valence-electron chi connectivity index (χ0n) is 12.0. The van der Waals surface area contributed by atoms with Crippen molar-refractivity contribution in [2.75, 3.05) is 45.8 Å². The van der Waals surface area contributed by atoms with Crippen molar-refractivity contribution in [3.05, 3.63) is 0 Å². The van der Waals surface area contributed by atoms with Gasteiger partial charge in [0.05, 0.1) is 5.60 Å². The molecule has 3 aliphatic heterocycles. The standard InChI is InChI=1S/C13H25N3O3S/c17-13(11-14-6-1-2-7-14)5-10-16(12-13)20(18,19)15-8-3-4-9-15/h17H,1-12H2/t13-/m0/s1. The number of hydrogen-bond donors (Lipinski definition) is 1. The molecule has 0 radical (unpaired) electrons. The zero-order valence-corrected chi connectivity index (χ0v) is 12.8. The first-order valence-corrected chi connectivity index (χ1v) is 9.09. The lowest BCUT2D eigenvalue weighted by molar-refractivity contribution is 0.0230. The molecular formula is C13H25N3O3S. The quantitative estimate of drug-likeness (QED) is 0.785. The van der Waals surface area contributed by atoms with Gasteiger partial charge in [-0.1, -0.05) is 0 Å². The summed E-state index contributed by atoms with van der Waals surface area (Å²) in [7, 11) is -3.35. The second-order valence-electron chi connectivity index (χ2n) is 6.41. The molecule has 1 atom stereocenters. The van der Waals surface area contributed by atoms with Crippen LogP contribution in [0.15, 0.2) is 0 Å². The minimum absolute atomic E-state index is 0.252. The lowest BCUT2D eigenvalue weighted by Crippen LogP contribution is -2.47. The molecule has 0 unspecified atom stereocenters. The van der Waals surface area contributed by atoms with Crippen molar-refractivity contribution in [2.45, 2.75) is 37.7 Å². The second-order valence-corrected chi connectivity index (χ2v) is 8.33. The molecule has 7 heteroatoms. The van der Waals surface area contributed by atoms with E-state index in [1.807, 2.05) is 0 Å². The van der Waals surface area contributed by atoms with E-state index in [-0.39, 0.29) is 6.54 Å². The first kappa shape index (κ1) is 14.7. The van der Waals surface area contributed by atoms with E-state index in [2.05, 4.69) is 4.90 Å². The molecule has 3 fully saturated rings. The first-order chi connectivity index (χ1) is 9.50. The van der Waals surface area contributed by atoms with Gasteiger partial charge in [0.25, 0.3) is 10.2 Å². The van der Waals surface area contributed by atoms with E-state index >= 15 is 0 Å². The van der Waals surface area contributed by atoms with Gasteiger partial charge < -0.3 is 10.0 Å². The Bertz CT molecular complexity index is 444. The van der Waals surface area contributed by atoms with E-state index in [0.717, 1.165) is 25.9 Å². The summed E-state index contributed by atoms with van der Waals surface area (Å²) in [5.41, 5.74) is -0.864. The molecule has 1 N–H and O–H groups in total. The van der Waals surface area contributed by atoms with Crippen LogP contribution in [0, 0.1) is 0 Å².